The summed E-state index contributed by atoms with van der Waals surface area (Å²) in [6, 6.07) is 6.05. The third kappa shape index (κ3) is 3.12. The average Bonchev–Trinajstić information content (AvgIpc) is 3.24. The monoisotopic (exact) mass is 330 g/mol. The summed E-state index contributed by atoms with van der Waals surface area (Å²) < 4.78 is 5.39. The number of methoxy groups -OCH3 is 1. The molecule has 1 N–H and O–H groups in total. The Bertz CT molecular complexity index is 652. The van der Waals surface area contributed by atoms with E-state index < -0.39 is 0 Å². The number of nitrogens with zero attached hydrogens (tertiary/aromatic N) is 1. The van der Waals surface area contributed by atoms with E-state index in [-0.39, 0.29) is 17.2 Å². The topological polar surface area (TPSA) is 58.6 Å². The van der Waals surface area contributed by atoms with Gasteiger partial charge >= 0.3 is 0 Å². The second kappa shape index (κ2) is 6.46. The van der Waals surface area contributed by atoms with E-state index >= 15 is 0 Å². The van der Waals surface area contributed by atoms with Gasteiger partial charge in [0.1, 0.15) is 5.75 Å². The quantitative estimate of drug-likeness (QED) is 0.898. The van der Waals surface area contributed by atoms with Crippen LogP contribution in [0.2, 0.25) is 0 Å². The van der Waals surface area contributed by atoms with E-state index in [0.29, 0.717) is 12.5 Å². The van der Waals surface area contributed by atoms with Gasteiger partial charge in [0.25, 0.3) is 0 Å². The van der Waals surface area contributed by atoms with Crippen molar-refractivity contribution in [2.75, 3.05) is 26.7 Å². The lowest BCUT2D eigenvalue weighted by atomic mass is 9.93. The zero-order valence-corrected chi connectivity index (χ0v) is 14.7. The molecule has 1 atom stereocenters. The van der Waals surface area contributed by atoms with Gasteiger partial charge in [-0.1, -0.05) is 12.1 Å². The molecule has 1 aliphatic heterocycles. The Hall–Kier alpha value is -2.04. The van der Waals surface area contributed by atoms with E-state index in [1.54, 1.807) is 14.0 Å². The molecule has 1 saturated carbocycles. The molecule has 2 aliphatic rings. The highest BCUT2D eigenvalue weighted by molar-refractivity contribution is 5.91. The van der Waals surface area contributed by atoms with Crippen molar-refractivity contribution in [2.24, 2.45) is 5.92 Å². The second-order valence-corrected chi connectivity index (χ2v) is 7.10. The zero-order valence-electron chi connectivity index (χ0n) is 14.7. The first kappa shape index (κ1) is 16.8. The minimum Gasteiger partial charge on any atom is -0.496 e. The van der Waals surface area contributed by atoms with Crippen LogP contribution in [0.5, 0.6) is 5.75 Å². The Morgan fingerprint density at radius 3 is 2.71 bits per heavy atom. The maximum atomic E-state index is 12.8. The summed E-state index contributed by atoms with van der Waals surface area (Å²) in [5.41, 5.74) is 1.73. The molecule has 2 amide bonds. The van der Waals surface area contributed by atoms with Crippen LogP contribution in [0.1, 0.15) is 37.3 Å². The van der Waals surface area contributed by atoms with Gasteiger partial charge in [0.15, 0.2) is 0 Å². The molecule has 1 aliphatic carbocycles. The molecule has 24 heavy (non-hydrogen) atoms. The molecule has 2 fully saturated rings. The number of benzene rings is 1. The van der Waals surface area contributed by atoms with Crippen molar-refractivity contribution in [1.82, 2.24) is 10.2 Å². The Kier molecular flexibility index (Phi) is 4.52. The first-order valence-electron chi connectivity index (χ1n) is 8.65. The first-order chi connectivity index (χ1) is 11.5. The number of rotatable bonds is 5. The predicted octanol–water partition coefficient (Wildman–Crippen LogP) is 2.02. The molecule has 0 bridgehead atoms. The van der Waals surface area contributed by atoms with Crippen LogP contribution in [-0.4, -0.2) is 43.5 Å². The smallest absolute Gasteiger partial charge is 0.230 e. The largest absolute Gasteiger partial charge is 0.496 e. The normalized spacial score (nSPS) is 21.5. The predicted molar refractivity (Wildman–Crippen MR) is 92.0 cm³/mol. The average molecular weight is 330 g/mol. The van der Waals surface area contributed by atoms with Crippen LogP contribution in [0.4, 0.5) is 0 Å². The van der Waals surface area contributed by atoms with Gasteiger partial charge in [0.05, 0.1) is 12.5 Å². The zero-order chi connectivity index (χ0) is 17.3. The van der Waals surface area contributed by atoms with Gasteiger partial charge in [-0.3, -0.25) is 9.59 Å². The fourth-order valence-corrected chi connectivity index (χ4v) is 3.58. The molecule has 1 saturated heterocycles. The number of likely N-dealkylation sites (tertiary alicyclic amines) is 1. The minimum absolute atomic E-state index is 0.106. The molecule has 1 heterocycles. The summed E-state index contributed by atoms with van der Waals surface area (Å²) in [4.78, 5) is 26.0. The van der Waals surface area contributed by atoms with E-state index in [1.807, 2.05) is 30.0 Å². The van der Waals surface area contributed by atoms with Gasteiger partial charge < -0.3 is 15.0 Å². The van der Waals surface area contributed by atoms with Crippen molar-refractivity contribution in [3.63, 3.8) is 0 Å². The van der Waals surface area contributed by atoms with Gasteiger partial charge in [0.2, 0.25) is 11.8 Å². The summed E-state index contributed by atoms with van der Waals surface area (Å²) in [6.45, 7) is 5.80. The summed E-state index contributed by atoms with van der Waals surface area (Å²) in [7, 11) is 1.66. The molecule has 3 rings (SSSR count). The standard InChI is InChI=1S/C19H26N2O3/c1-13-4-5-16(10-17(13)24-3)19(7-8-19)18(23)20-11-15-6-9-21(12-15)14(2)22/h4-5,10,15H,6-9,11-12H2,1-3H3,(H,20,23). The molecular formula is C19H26N2O3. The lowest BCUT2D eigenvalue weighted by Crippen LogP contribution is -2.38. The van der Waals surface area contributed by atoms with Crippen molar-refractivity contribution in [2.45, 2.75) is 38.5 Å². The van der Waals surface area contributed by atoms with Crippen LogP contribution in [0.3, 0.4) is 0 Å². The van der Waals surface area contributed by atoms with Gasteiger partial charge in [-0.15, -0.1) is 0 Å². The third-order valence-corrected chi connectivity index (χ3v) is 5.43. The van der Waals surface area contributed by atoms with Crippen molar-refractivity contribution in [3.8, 4) is 5.75 Å². The molecular weight excluding hydrogens is 304 g/mol. The SMILES string of the molecule is COc1cc(C2(C(=O)NCC3CCN(C(C)=O)C3)CC2)ccc1C. The van der Waals surface area contributed by atoms with Gasteiger partial charge in [-0.2, -0.15) is 0 Å². The number of hydrogen-bond donors (Lipinski definition) is 1. The van der Waals surface area contributed by atoms with E-state index in [0.717, 1.165) is 49.2 Å². The summed E-state index contributed by atoms with van der Waals surface area (Å²) >= 11 is 0. The number of carbonyl (C=O) groups is 2. The van der Waals surface area contributed by atoms with Gasteiger partial charge in [0, 0.05) is 26.6 Å². The molecule has 5 heteroatoms. The minimum atomic E-state index is -0.389. The maximum absolute atomic E-state index is 12.8. The van der Waals surface area contributed by atoms with Crippen molar-refractivity contribution in [1.29, 1.82) is 0 Å². The Labute approximate surface area is 143 Å². The molecule has 1 unspecified atom stereocenters. The third-order valence-electron chi connectivity index (χ3n) is 5.43. The molecule has 0 radical (unpaired) electrons. The molecule has 0 aromatic heterocycles. The fraction of sp³-hybridized carbons (Fsp3) is 0.579. The van der Waals surface area contributed by atoms with E-state index in [9.17, 15) is 9.59 Å². The fourth-order valence-electron chi connectivity index (χ4n) is 3.58. The number of carbonyl (C=O) groups excluding carboxylic acids is 2. The van der Waals surface area contributed by atoms with E-state index in [4.69, 9.17) is 4.74 Å². The van der Waals surface area contributed by atoms with Gasteiger partial charge in [-0.05, 0) is 49.3 Å². The van der Waals surface area contributed by atoms with Crippen molar-refractivity contribution < 1.29 is 14.3 Å². The molecule has 0 spiro atoms. The van der Waals surface area contributed by atoms with Crippen LogP contribution >= 0.6 is 0 Å². The molecule has 5 nitrogen and oxygen atoms in total. The Morgan fingerprint density at radius 2 is 2.12 bits per heavy atom. The van der Waals surface area contributed by atoms with Crippen molar-refractivity contribution >= 4 is 11.8 Å². The lowest BCUT2D eigenvalue weighted by Gasteiger charge is -2.19. The Balaban J connectivity index is 1.62. The van der Waals surface area contributed by atoms with Crippen LogP contribution in [0, 0.1) is 12.8 Å². The number of aryl methyl sites for hydroxylation is 1. The van der Waals surface area contributed by atoms with Crippen molar-refractivity contribution in [3.05, 3.63) is 29.3 Å². The molecule has 130 valence electrons. The molecule has 1 aromatic rings. The number of ether oxygens (including phenoxy) is 1. The highest BCUT2D eigenvalue weighted by Crippen LogP contribution is 2.49. The van der Waals surface area contributed by atoms with Crippen LogP contribution in [0.15, 0.2) is 18.2 Å². The molecule has 1 aromatic carbocycles. The summed E-state index contributed by atoms with van der Waals surface area (Å²) in [6.07, 6.45) is 2.73. The maximum Gasteiger partial charge on any atom is 0.230 e. The van der Waals surface area contributed by atoms with E-state index in [2.05, 4.69) is 5.32 Å². The van der Waals surface area contributed by atoms with Crippen LogP contribution < -0.4 is 10.1 Å². The van der Waals surface area contributed by atoms with Crippen LogP contribution in [-0.2, 0) is 15.0 Å². The first-order valence-corrected chi connectivity index (χ1v) is 8.65. The van der Waals surface area contributed by atoms with E-state index in [1.165, 1.54) is 0 Å². The number of amides is 2. The lowest BCUT2D eigenvalue weighted by molar-refractivity contribution is -0.127. The number of hydrogen-bond acceptors (Lipinski definition) is 3. The second-order valence-electron chi connectivity index (χ2n) is 7.10. The number of nitrogens with one attached hydrogen (secondary N) is 1. The van der Waals surface area contributed by atoms with Gasteiger partial charge in [-0.25, -0.2) is 0 Å². The highest BCUT2D eigenvalue weighted by atomic mass is 16.5. The highest BCUT2D eigenvalue weighted by Gasteiger charge is 2.51. The van der Waals surface area contributed by atoms with Crippen LogP contribution in [0.25, 0.3) is 0 Å². The Morgan fingerprint density at radius 1 is 1.38 bits per heavy atom. The summed E-state index contributed by atoms with van der Waals surface area (Å²) in [5.74, 6) is 1.42. The summed E-state index contributed by atoms with van der Waals surface area (Å²) in [5, 5.41) is 3.12.